The van der Waals surface area contributed by atoms with Gasteiger partial charge in [-0.05, 0) is 43.6 Å². The molecule has 0 bridgehead atoms. The third-order valence-corrected chi connectivity index (χ3v) is 6.62. The fraction of sp³-hybridized carbons (Fsp3) is 0.652. The smallest absolute Gasteiger partial charge is 0.287 e. The number of furan rings is 1. The molecule has 9 heteroatoms. The second-order valence-corrected chi connectivity index (χ2v) is 9.12. The number of nitrogens with zero attached hydrogens (tertiary/aromatic N) is 2. The summed E-state index contributed by atoms with van der Waals surface area (Å²) in [6.07, 6.45) is 6.70. The topological polar surface area (TPSA) is 78.5 Å². The lowest BCUT2D eigenvalue weighted by molar-refractivity contribution is 0.0158. The Bertz CT molecular complexity index is 982. The molecule has 4 heterocycles. The average molecular weight is 449 g/mol. The van der Waals surface area contributed by atoms with Crippen LogP contribution < -0.4 is 5.32 Å². The van der Waals surface area contributed by atoms with Crippen molar-refractivity contribution in [3.63, 3.8) is 0 Å². The highest BCUT2D eigenvalue weighted by molar-refractivity contribution is 5.96. The quantitative estimate of drug-likeness (QED) is 0.728. The van der Waals surface area contributed by atoms with Gasteiger partial charge in [-0.2, -0.15) is 5.10 Å². The summed E-state index contributed by atoms with van der Waals surface area (Å²) in [5, 5.41) is 7.39. The van der Waals surface area contributed by atoms with Crippen molar-refractivity contribution in [1.82, 2.24) is 15.1 Å². The number of ether oxygens (including phenoxy) is 2. The number of amides is 1. The van der Waals surface area contributed by atoms with Crippen LogP contribution in [0.3, 0.4) is 0 Å². The minimum atomic E-state index is -3.24. The van der Waals surface area contributed by atoms with Gasteiger partial charge < -0.3 is 19.2 Å². The number of carbonyl (C=O) groups excluding carboxylic acids is 1. The summed E-state index contributed by atoms with van der Waals surface area (Å²) in [4.78, 5) is 12.8. The monoisotopic (exact) mass is 449 g/mol. The summed E-state index contributed by atoms with van der Waals surface area (Å²) in [5.41, 5.74) is 1.35. The molecule has 32 heavy (non-hydrogen) atoms. The lowest BCUT2D eigenvalue weighted by atomic mass is 9.91. The molecular formula is C23H29F2N3O4. The first-order valence-corrected chi connectivity index (χ1v) is 11.5. The van der Waals surface area contributed by atoms with Crippen molar-refractivity contribution in [3.05, 3.63) is 28.8 Å². The fourth-order valence-corrected chi connectivity index (χ4v) is 4.97. The van der Waals surface area contributed by atoms with Gasteiger partial charge in [0.05, 0.1) is 22.9 Å². The van der Waals surface area contributed by atoms with E-state index in [2.05, 4.69) is 10.4 Å². The summed E-state index contributed by atoms with van der Waals surface area (Å²) < 4.78 is 48.2. The maximum atomic E-state index is 14.8. The standard InChI is InChI=1S/C23H29F2N3O4/c1-23(24,25)19-18-17(32-21(19)22(29)26-11-16-3-2-8-31-16)5-4-15-13-28(27-20(15)18)12-14-6-9-30-10-7-14/h13-14,16H,2-12H2,1H3,(H,26,29)/t16-/m0/s1. The lowest BCUT2D eigenvalue weighted by Crippen LogP contribution is -2.32. The third kappa shape index (κ3) is 4.20. The molecular weight excluding hydrogens is 420 g/mol. The highest BCUT2D eigenvalue weighted by atomic mass is 19.3. The molecule has 2 aromatic rings. The number of hydrogen-bond donors (Lipinski definition) is 1. The van der Waals surface area contributed by atoms with Gasteiger partial charge in [0.2, 0.25) is 5.76 Å². The summed E-state index contributed by atoms with van der Waals surface area (Å²) in [6, 6.07) is 0. The van der Waals surface area contributed by atoms with Crippen molar-refractivity contribution in [2.24, 2.45) is 5.92 Å². The van der Waals surface area contributed by atoms with Gasteiger partial charge >= 0.3 is 0 Å². The number of rotatable bonds is 6. The van der Waals surface area contributed by atoms with Crippen molar-refractivity contribution >= 4 is 5.91 Å². The van der Waals surface area contributed by atoms with Crippen molar-refractivity contribution in [2.45, 2.75) is 64.0 Å². The molecule has 3 aliphatic rings. The van der Waals surface area contributed by atoms with E-state index in [1.165, 1.54) is 0 Å². The first-order chi connectivity index (χ1) is 15.4. The Labute approximate surface area is 185 Å². The minimum Gasteiger partial charge on any atom is -0.455 e. The molecule has 2 saturated heterocycles. The number of aryl methyl sites for hydroxylation is 2. The van der Waals surface area contributed by atoms with Crippen molar-refractivity contribution in [1.29, 1.82) is 0 Å². The van der Waals surface area contributed by atoms with Crippen LogP contribution in [0.15, 0.2) is 10.6 Å². The largest absolute Gasteiger partial charge is 0.455 e. The van der Waals surface area contributed by atoms with Crippen molar-refractivity contribution in [3.8, 4) is 11.3 Å². The van der Waals surface area contributed by atoms with Crippen LogP contribution in [0.2, 0.25) is 0 Å². The molecule has 2 fully saturated rings. The zero-order valence-corrected chi connectivity index (χ0v) is 18.3. The Balaban J connectivity index is 1.44. The van der Waals surface area contributed by atoms with Gasteiger partial charge in [0.1, 0.15) is 5.76 Å². The number of nitrogens with one attached hydrogen (secondary N) is 1. The Hall–Kier alpha value is -2.26. The van der Waals surface area contributed by atoms with Crippen LogP contribution in [0.4, 0.5) is 8.78 Å². The third-order valence-electron chi connectivity index (χ3n) is 6.62. The van der Waals surface area contributed by atoms with E-state index in [-0.39, 0.29) is 29.5 Å². The van der Waals surface area contributed by atoms with Gasteiger partial charge in [0.15, 0.2) is 0 Å². The van der Waals surface area contributed by atoms with E-state index < -0.39 is 11.8 Å². The van der Waals surface area contributed by atoms with Crippen LogP contribution in [-0.4, -0.2) is 48.2 Å². The summed E-state index contributed by atoms with van der Waals surface area (Å²) >= 11 is 0. The molecule has 0 radical (unpaired) electrons. The average Bonchev–Trinajstić information content (AvgIpc) is 3.49. The summed E-state index contributed by atoms with van der Waals surface area (Å²) in [5.74, 6) is -3.32. The van der Waals surface area contributed by atoms with E-state index in [4.69, 9.17) is 13.9 Å². The Morgan fingerprint density at radius 3 is 2.78 bits per heavy atom. The Morgan fingerprint density at radius 1 is 1.25 bits per heavy atom. The van der Waals surface area contributed by atoms with Gasteiger partial charge in [-0.15, -0.1) is 0 Å². The van der Waals surface area contributed by atoms with Gasteiger partial charge in [-0.25, -0.2) is 8.78 Å². The van der Waals surface area contributed by atoms with E-state index in [1.54, 1.807) is 0 Å². The van der Waals surface area contributed by atoms with E-state index in [0.29, 0.717) is 36.8 Å². The first kappa shape index (κ1) is 21.6. The van der Waals surface area contributed by atoms with E-state index in [0.717, 1.165) is 57.9 Å². The number of carbonyl (C=O) groups is 1. The molecule has 1 N–H and O–H groups in total. The van der Waals surface area contributed by atoms with E-state index in [9.17, 15) is 13.6 Å². The maximum Gasteiger partial charge on any atom is 0.287 e. The van der Waals surface area contributed by atoms with Crippen LogP contribution in [0.1, 0.15) is 60.0 Å². The summed E-state index contributed by atoms with van der Waals surface area (Å²) in [6.45, 7) is 3.97. The number of hydrogen-bond acceptors (Lipinski definition) is 5. The van der Waals surface area contributed by atoms with Gasteiger partial charge in [0.25, 0.3) is 11.8 Å². The minimum absolute atomic E-state index is 0.0818. The molecule has 0 aromatic carbocycles. The van der Waals surface area contributed by atoms with Crippen LogP contribution in [-0.2, 0) is 34.8 Å². The lowest BCUT2D eigenvalue weighted by Gasteiger charge is -2.21. The zero-order valence-electron chi connectivity index (χ0n) is 18.3. The maximum absolute atomic E-state index is 14.8. The highest BCUT2D eigenvalue weighted by Gasteiger charge is 2.42. The summed E-state index contributed by atoms with van der Waals surface area (Å²) in [7, 11) is 0. The Morgan fingerprint density at radius 2 is 2.06 bits per heavy atom. The highest BCUT2D eigenvalue weighted by Crippen LogP contribution is 2.45. The molecule has 5 rings (SSSR count). The fourth-order valence-electron chi connectivity index (χ4n) is 4.97. The molecule has 1 aliphatic carbocycles. The van der Waals surface area contributed by atoms with Crippen LogP contribution in [0.5, 0.6) is 0 Å². The SMILES string of the molecule is CC(F)(F)c1c(C(=O)NC[C@@H]2CCCO2)oc2c1-c1nn(CC3CCOCC3)cc1CC2. The van der Waals surface area contributed by atoms with Gasteiger partial charge in [-0.3, -0.25) is 9.48 Å². The van der Waals surface area contributed by atoms with E-state index >= 15 is 0 Å². The predicted molar refractivity (Wildman–Crippen MR) is 112 cm³/mol. The predicted octanol–water partition coefficient (Wildman–Crippen LogP) is 3.69. The van der Waals surface area contributed by atoms with Gasteiger partial charge in [-0.1, -0.05) is 0 Å². The molecule has 0 saturated carbocycles. The van der Waals surface area contributed by atoms with E-state index in [1.807, 2.05) is 10.9 Å². The zero-order chi connectivity index (χ0) is 22.3. The Kier molecular flexibility index (Phi) is 5.79. The molecule has 2 aromatic heterocycles. The number of alkyl halides is 2. The molecule has 174 valence electrons. The van der Waals surface area contributed by atoms with Crippen LogP contribution in [0.25, 0.3) is 11.3 Å². The number of halogens is 2. The molecule has 1 atom stereocenters. The number of fused-ring (bicyclic) bond motifs is 3. The molecule has 2 aliphatic heterocycles. The molecule has 0 unspecified atom stereocenters. The van der Waals surface area contributed by atoms with Gasteiger partial charge in [0, 0.05) is 52.5 Å². The van der Waals surface area contributed by atoms with Crippen LogP contribution >= 0.6 is 0 Å². The molecule has 1 amide bonds. The number of aromatic nitrogens is 2. The first-order valence-electron chi connectivity index (χ1n) is 11.5. The second kappa shape index (κ2) is 8.59. The molecule has 7 nitrogen and oxygen atoms in total. The second-order valence-electron chi connectivity index (χ2n) is 9.12. The van der Waals surface area contributed by atoms with Crippen molar-refractivity contribution < 1.29 is 27.5 Å². The normalized spacial score (nSPS) is 21.4. The van der Waals surface area contributed by atoms with Crippen molar-refractivity contribution in [2.75, 3.05) is 26.4 Å². The van der Waals surface area contributed by atoms with Crippen LogP contribution in [0, 0.1) is 5.92 Å². The molecule has 0 spiro atoms.